The first-order valence-electron chi connectivity index (χ1n) is 12.6. The van der Waals surface area contributed by atoms with Gasteiger partial charge >= 0.3 is 6.09 Å². The Morgan fingerprint density at radius 2 is 1.72 bits per heavy atom. The van der Waals surface area contributed by atoms with E-state index in [1.54, 1.807) is 26.8 Å². The number of carbonyl (C=O) groups is 3. The number of nitrogens with zero attached hydrogens (tertiary/aromatic N) is 2. The normalized spacial score (nSPS) is 25.0. The van der Waals surface area contributed by atoms with Gasteiger partial charge in [-0.15, -0.1) is 18.3 Å². The van der Waals surface area contributed by atoms with Crippen LogP contribution in [0.15, 0.2) is 36.9 Å². The molecule has 4 rings (SSSR count). The molecule has 3 fully saturated rings. The van der Waals surface area contributed by atoms with Crippen molar-refractivity contribution < 1.29 is 19.1 Å². The molecule has 8 nitrogen and oxygen atoms in total. The van der Waals surface area contributed by atoms with Crippen LogP contribution in [0, 0.1) is 5.41 Å². The summed E-state index contributed by atoms with van der Waals surface area (Å²) in [4.78, 5) is 42.4. The van der Waals surface area contributed by atoms with Crippen LogP contribution in [0.1, 0.15) is 44.7 Å². The summed E-state index contributed by atoms with van der Waals surface area (Å²) in [6.45, 7) is 13.1. The third-order valence-corrected chi connectivity index (χ3v) is 8.52. The number of amides is 3. The highest BCUT2D eigenvalue weighted by Crippen LogP contribution is 2.53. The number of hydrogen-bond acceptors (Lipinski definition) is 6. The van der Waals surface area contributed by atoms with E-state index in [1.807, 2.05) is 17.0 Å². The van der Waals surface area contributed by atoms with E-state index in [2.05, 4.69) is 41.3 Å². The number of hydrogen-bond donors (Lipinski definition) is 2. The summed E-state index contributed by atoms with van der Waals surface area (Å²) in [6.07, 6.45) is 3.70. The molecule has 1 aliphatic carbocycles. The molecule has 0 radical (unpaired) electrons. The minimum absolute atomic E-state index is 0.192. The van der Waals surface area contributed by atoms with Gasteiger partial charge in [-0.05, 0) is 58.2 Å². The van der Waals surface area contributed by atoms with Gasteiger partial charge in [0.25, 0.3) is 0 Å². The summed E-state index contributed by atoms with van der Waals surface area (Å²) < 4.78 is 4.39. The Balaban J connectivity index is 1.26. The highest BCUT2D eigenvalue weighted by molar-refractivity contribution is 8.09. The van der Waals surface area contributed by atoms with Gasteiger partial charge in [0.2, 0.25) is 11.8 Å². The Morgan fingerprint density at radius 3 is 2.28 bits per heavy atom. The fraction of sp³-hybridized carbons (Fsp3) is 0.593. The van der Waals surface area contributed by atoms with E-state index < -0.39 is 21.8 Å². The second kappa shape index (κ2) is 10.1. The maximum absolute atomic E-state index is 13.1. The lowest BCUT2D eigenvalue weighted by atomic mass is 9.94. The standard InChI is InChI=1S/C27H38N4O4S/c1-6-27(22(36-27)29-24(34)35-25(2,3)4)21(32)28-18-20-9-7-19(8-10-20)17-26(11-12-26)23(33)31-15-13-30(5)14-16-31/h6-10,22H,1,11-18H2,2-5H3,(H,28,32)(H,29,34)/t22?,27-/m0/s1. The first-order chi connectivity index (χ1) is 17.0. The van der Waals surface area contributed by atoms with Crippen LogP contribution in [0.3, 0.4) is 0 Å². The second-order valence-electron chi connectivity index (χ2n) is 11.2. The molecule has 0 bridgehead atoms. The summed E-state index contributed by atoms with van der Waals surface area (Å²) >= 11 is 1.33. The number of nitrogens with one attached hydrogen (secondary N) is 2. The fourth-order valence-electron chi connectivity index (χ4n) is 4.58. The molecule has 1 aromatic carbocycles. The number of likely N-dealkylation sites (N-methyl/N-ethyl adjacent to an activating group) is 1. The van der Waals surface area contributed by atoms with Crippen molar-refractivity contribution >= 4 is 29.7 Å². The first-order valence-corrected chi connectivity index (χ1v) is 13.5. The van der Waals surface area contributed by atoms with Gasteiger partial charge in [0.05, 0.1) is 5.41 Å². The number of ether oxygens (including phenoxy) is 1. The molecule has 9 heteroatoms. The molecule has 3 aliphatic rings. The van der Waals surface area contributed by atoms with Crippen LogP contribution >= 0.6 is 11.8 Å². The monoisotopic (exact) mass is 514 g/mol. The highest BCUT2D eigenvalue weighted by atomic mass is 32.2. The van der Waals surface area contributed by atoms with Crippen molar-refractivity contribution in [3.05, 3.63) is 48.0 Å². The molecule has 0 aromatic heterocycles. The van der Waals surface area contributed by atoms with Crippen LogP contribution in [0.5, 0.6) is 0 Å². The Kier molecular flexibility index (Phi) is 7.44. The Hall–Kier alpha value is -2.52. The van der Waals surface area contributed by atoms with Crippen LogP contribution < -0.4 is 10.6 Å². The van der Waals surface area contributed by atoms with Crippen molar-refractivity contribution in [3.63, 3.8) is 0 Å². The maximum atomic E-state index is 13.1. The summed E-state index contributed by atoms with van der Waals surface area (Å²) in [5, 5.41) is 5.30. The fourth-order valence-corrected chi connectivity index (χ4v) is 5.60. The van der Waals surface area contributed by atoms with Gasteiger partial charge < -0.3 is 25.2 Å². The molecule has 1 saturated carbocycles. The quantitative estimate of drug-likeness (QED) is 0.410. The van der Waals surface area contributed by atoms with Crippen molar-refractivity contribution in [1.29, 1.82) is 0 Å². The van der Waals surface area contributed by atoms with Crippen molar-refractivity contribution in [2.45, 2.75) is 62.3 Å². The molecule has 36 heavy (non-hydrogen) atoms. The van der Waals surface area contributed by atoms with Crippen molar-refractivity contribution in [3.8, 4) is 0 Å². The highest BCUT2D eigenvalue weighted by Gasteiger charge is 2.60. The van der Waals surface area contributed by atoms with Gasteiger partial charge in [-0.2, -0.15) is 0 Å². The van der Waals surface area contributed by atoms with Crippen molar-refractivity contribution in [2.75, 3.05) is 33.2 Å². The summed E-state index contributed by atoms with van der Waals surface area (Å²) in [5.74, 6) is 0.112. The number of alkyl carbamates (subject to hydrolysis) is 1. The average molecular weight is 515 g/mol. The second-order valence-corrected chi connectivity index (χ2v) is 12.6. The molecule has 1 unspecified atom stereocenters. The van der Waals surface area contributed by atoms with Gasteiger partial charge in [-0.25, -0.2) is 4.79 Å². The topological polar surface area (TPSA) is 91.0 Å². The van der Waals surface area contributed by atoms with Gasteiger partial charge in [0.15, 0.2) is 0 Å². The zero-order chi connectivity index (χ0) is 26.1. The van der Waals surface area contributed by atoms with Gasteiger partial charge in [0.1, 0.15) is 15.7 Å². The number of piperazine rings is 1. The Labute approximate surface area is 218 Å². The average Bonchev–Trinajstić information content (AvgIpc) is 3.74. The first kappa shape index (κ1) is 26.5. The Morgan fingerprint density at radius 1 is 1.11 bits per heavy atom. The van der Waals surface area contributed by atoms with E-state index in [-0.39, 0.29) is 11.3 Å². The molecule has 196 valence electrons. The lowest BCUT2D eigenvalue weighted by molar-refractivity contribution is -0.138. The van der Waals surface area contributed by atoms with E-state index in [1.165, 1.54) is 11.8 Å². The van der Waals surface area contributed by atoms with Crippen LogP contribution in [0.4, 0.5) is 4.79 Å². The number of carbonyl (C=O) groups excluding carboxylic acids is 3. The third-order valence-electron chi connectivity index (χ3n) is 7.07. The molecule has 1 aromatic rings. The van der Waals surface area contributed by atoms with Crippen molar-refractivity contribution in [1.82, 2.24) is 20.4 Å². The predicted octanol–water partition coefficient (Wildman–Crippen LogP) is 2.92. The number of thioether (sulfide) groups is 1. The van der Waals surface area contributed by atoms with Crippen LogP contribution in [0.2, 0.25) is 0 Å². The van der Waals surface area contributed by atoms with E-state index >= 15 is 0 Å². The SMILES string of the molecule is C=C[C@@]1(C(=O)NCc2ccc(CC3(C(=O)N4CCN(C)CC4)CC3)cc2)SC1NC(=O)OC(C)(C)C. The summed E-state index contributed by atoms with van der Waals surface area (Å²) in [5.41, 5.74) is 1.28. The lowest BCUT2D eigenvalue weighted by Crippen LogP contribution is -2.49. The molecule has 2 aliphatic heterocycles. The molecule has 0 spiro atoms. The minimum Gasteiger partial charge on any atom is -0.444 e. The smallest absolute Gasteiger partial charge is 0.408 e. The molecule has 2 heterocycles. The van der Waals surface area contributed by atoms with E-state index in [0.717, 1.165) is 56.6 Å². The molecule has 2 saturated heterocycles. The molecule has 3 amide bonds. The largest absolute Gasteiger partial charge is 0.444 e. The summed E-state index contributed by atoms with van der Waals surface area (Å²) in [7, 11) is 2.10. The van der Waals surface area contributed by atoms with E-state index in [4.69, 9.17) is 4.74 Å². The lowest BCUT2D eigenvalue weighted by Gasteiger charge is -2.35. The maximum Gasteiger partial charge on any atom is 0.408 e. The van der Waals surface area contributed by atoms with Gasteiger partial charge in [-0.1, -0.05) is 30.3 Å². The zero-order valence-electron chi connectivity index (χ0n) is 21.8. The molecule has 2 atom stereocenters. The molecule has 2 N–H and O–H groups in total. The number of benzene rings is 1. The van der Waals surface area contributed by atoms with Gasteiger partial charge in [-0.3, -0.25) is 9.59 Å². The minimum atomic E-state index is -0.890. The summed E-state index contributed by atoms with van der Waals surface area (Å²) in [6, 6.07) is 8.12. The van der Waals surface area contributed by atoms with Crippen molar-refractivity contribution in [2.24, 2.45) is 5.41 Å². The zero-order valence-corrected chi connectivity index (χ0v) is 22.6. The molecular weight excluding hydrogens is 476 g/mol. The van der Waals surface area contributed by atoms with Crippen LogP contribution in [0.25, 0.3) is 0 Å². The van der Waals surface area contributed by atoms with E-state index in [9.17, 15) is 14.4 Å². The van der Waals surface area contributed by atoms with Gasteiger partial charge in [0, 0.05) is 32.7 Å². The Bertz CT molecular complexity index is 1010. The molecular formula is C27H38N4O4S. The van der Waals surface area contributed by atoms with Crippen LogP contribution in [-0.2, 0) is 27.3 Å². The number of rotatable bonds is 8. The van der Waals surface area contributed by atoms with E-state index in [0.29, 0.717) is 12.5 Å². The third kappa shape index (κ3) is 6.06. The predicted molar refractivity (Wildman–Crippen MR) is 141 cm³/mol. The van der Waals surface area contributed by atoms with Crippen LogP contribution in [-0.4, -0.2) is 76.7 Å².